The summed E-state index contributed by atoms with van der Waals surface area (Å²) in [4.78, 5) is 11.9. The first-order valence-corrected chi connectivity index (χ1v) is 8.19. The molecule has 0 saturated heterocycles. The van der Waals surface area contributed by atoms with Gasteiger partial charge in [0.2, 0.25) is 0 Å². The van der Waals surface area contributed by atoms with Crippen LogP contribution in [0.25, 0.3) is 0 Å². The van der Waals surface area contributed by atoms with Crippen molar-refractivity contribution in [3.05, 3.63) is 47.8 Å². The van der Waals surface area contributed by atoms with Gasteiger partial charge in [0.15, 0.2) is 5.78 Å². The van der Waals surface area contributed by atoms with Gasteiger partial charge in [0.05, 0.1) is 12.2 Å². The van der Waals surface area contributed by atoms with Gasteiger partial charge in [-0.05, 0) is 33.8 Å². The second kappa shape index (κ2) is 7.53. The topological polar surface area (TPSA) is 52.6 Å². The van der Waals surface area contributed by atoms with Crippen molar-refractivity contribution in [2.24, 2.45) is 0 Å². The predicted molar refractivity (Wildman–Crippen MR) is 80.0 cm³/mol. The first kappa shape index (κ1) is 16.8. The number of allylic oxidation sites excluding steroid dienone is 1. The highest BCUT2D eigenvalue weighted by molar-refractivity contribution is 7.57. The number of carbonyl (C=O) groups excluding carboxylic acids is 1. The zero-order valence-electron chi connectivity index (χ0n) is 12.3. The molecule has 0 aliphatic carbocycles. The van der Waals surface area contributed by atoms with E-state index in [-0.39, 0.29) is 18.0 Å². The van der Waals surface area contributed by atoms with Crippen LogP contribution in [0.5, 0.6) is 0 Å². The molecule has 0 aromatic heterocycles. The van der Waals surface area contributed by atoms with Crippen LogP contribution in [0.1, 0.15) is 38.1 Å². The zero-order chi connectivity index (χ0) is 15.2. The smallest absolute Gasteiger partial charge is 0.303 e. The maximum absolute atomic E-state index is 12.5. The van der Waals surface area contributed by atoms with Crippen LogP contribution in [0, 0.1) is 0 Å². The third-order valence-electron chi connectivity index (χ3n) is 2.18. The lowest BCUT2D eigenvalue weighted by molar-refractivity contribution is 0.104. The molecule has 1 aromatic carbocycles. The van der Waals surface area contributed by atoms with E-state index >= 15 is 0 Å². The van der Waals surface area contributed by atoms with Gasteiger partial charge in [-0.3, -0.25) is 9.36 Å². The van der Waals surface area contributed by atoms with E-state index in [9.17, 15) is 9.36 Å². The fourth-order valence-electron chi connectivity index (χ4n) is 1.54. The Balaban J connectivity index is 2.86. The number of ketones is 1. The van der Waals surface area contributed by atoms with Crippen LogP contribution in [0.15, 0.2) is 42.2 Å². The van der Waals surface area contributed by atoms with Crippen molar-refractivity contribution in [1.82, 2.24) is 0 Å². The Hall–Kier alpha value is -1.22. The van der Waals surface area contributed by atoms with Gasteiger partial charge in [-0.2, -0.15) is 0 Å². The van der Waals surface area contributed by atoms with Crippen LogP contribution >= 0.6 is 7.60 Å². The molecule has 1 rings (SSSR count). The summed E-state index contributed by atoms with van der Waals surface area (Å²) < 4.78 is 23.1. The summed E-state index contributed by atoms with van der Waals surface area (Å²) in [5, 5.41) is 0. The maximum Gasteiger partial charge on any atom is 0.354 e. The number of hydrogen-bond acceptors (Lipinski definition) is 4. The Labute approximate surface area is 120 Å². The van der Waals surface area contributed by atoms with Gasteiger partial charge < -0.3 is 9.05 Å². The van der Waals surface area contributed by atoms with Crippen molar-refractivity contribution in [2.45, 2.75) is 39.9 Å². The molecule has 0 aliphatic rings. The number of carbonyl (C=O) groups is 1. The molecule has 0 spiro atoms. The van der Waals surface area contributed by atoms with Crippen molar-refractivity contribution in [1.29, 1.82) is 0 Å². The normalized spacial score (nSPS) is 12.5. The molecule has 0 saturated carbocycles. The van der Waals surface area contributed by atoms with E-state index in [0.29, 0.717) is 5.56 Å². The van der Waals surface area contributed by atoms with Gasteiger partial charge in [-0.25, -0.2) is 0 Å². The van der Waals surface area contributed by atoms with Crippen molar-refractivity contribution in [3.63, 3.8) is 0 Å². The Morgan fingerprint density at radius 1 is 1.05 bits per heavy atom. The molecule has 20 heavy (non-hydrogen) atoms. The highest BCUT2D eigenvalue weighted by atomic mass is 31.2. The Bertz CT molecular complexity index is 492. The summed E-state index contributed by atoms with van der Waals surface area (Å²) in [5.74, 6) is 1.01. The average molecular weight is 296 g/mol. The van der Waals surface area contributed by atoms with Crippen LogP contribution in [-0.2, 0) is 13.6 Å². The molecule has 0 atom stereocenters. The van der Waals surface area contributed by atoms with E-state index in [1.807, 2.05) is 6.07 Å². The monoisotopic (exact) mass is 296 g/mol. The lowest BCUT2D eigenvalue weighted by Gasteiger charge is -2.19. The summed E-state index contributed by atoms with van der Waals surface area (Å²) >= 11 is 0. The van der Waals surface area contributed by atoms with Gasteiger partial charge in [0.25, 0.3) is 0 Å². The summed E-state index contributed by atoms with van der Waals surface area (Å²) in [7, 11) is -3.41. The van der Waals surface area contributed by atoms with E-state index in [1.54, 1.807) is 52.0 Å². The molecule has 0 bridgehead atoms. The quantitative estimate of drug-likeness (QED) is 0.424. The summed E-state index contributed by atoms with van der Waals surface area (Å²) in [5.41, 5.74) is 0.532. The van der Waals surface area contributed by atoms with Gasteiger partial charge in [-0.15, -0.1) is 0 Å². The van der Waals surface area contributed by atoms with Crippen LogP contribution in [0.4, 0.5) is 0 Å². The van der Waals surface area contributed by atoms with E-state index in [2.05, 4.69) is 0 Å². The summed E-state index contributed by atoms with van der Waals surface area (Å²) in [6.07, 6.45) is 0.744. The SMILES string of the molecule is CC(C)OP(=O)(/C=C/C(=O)c1ccccc1)OC(C)C. The third-order valence-corrected chi connectivity index (χ3v) is 4.13. The highest BCUT2D eigenvalue weighted by Gasteiger charge is 2.24. The van der Waals surface area contributed by atoms with Gasteiger partial charge in [-0.1, -0.05) is 30.3 Å². The zero-order valence-corrected chi connectivity index (χ0v) is 13.2. The minimum atomic E-state index is -3.41. The van der Waals surface area contributed by atoms with Crippen molar-refractivity contribution < 1.29 is 18.4 Å². The van der Waals surface area contributed by atoms with Gasteiger partial charge in [0.1, 0.15) is 0 Å². The molecule has 1 aromatic rings. The Kier molecular flexibility index (Phi) is 6.34. The second-order valence-corrected chi connectivity index (χ2v) is 6.69. The standard InChI is InChI=1S/C15H21O4P/c1-12(2)18-20(17,19-13(3)4)11-10-15(16)14-8-6-5-7-9-14/h5-13H,1-4H3/b11-10+. The van der Waals surface area contributed by atoms with Crippen molar-refractivity contribution in [3.8, 4) is 0 Å². The third kappa shape index (κ3) is 5.83. The Morgan fingerprint density at radius 2 is 1.55 bits per heavy atom. The molecule has 0 heterocycles. The number of rotatable bonds is 7. The molecule has 5 heteroatoms. The number of hydrogen-bond donors (Lipinski definition) is 0. The average Bonchev–Trinajstić information content (AvgIpc) is 2.35. The fraction of sp³-hybridized carbons (Fsp3) is 0.400. The first-order chi connectivity index (χ1) is 9.32. The van der Waals surface area contributed by atoms with E-state index in [0.717, 1.165) is 0 Å². The fourth-order valence-corrected chi connectivity index (χ4v) is 3.22. The second-order valence-electron chi connectivity index (χ2n) is 4.89. The van der Waals surface area contributed by atoms with Crippen LogP contribution in [-0.4, -0.2) is 18.0 Å². The molecule has 0 N–H and O–H groups in total. The summed E-state index contributed by atoms with van der Waals surface area (Å²) in [6, 6.07) is 8.77. The molecular formula is C15H21O4P. The first-order valence-electron chi connectivity index (χ1n) is 6.57. The maximum atomic E-state index is 12.5. The lowest BCUT2D eigenvalue weighted by atomic mass is 10.1. The van der Waals surface area contributed by atoms with Crippen molar-refractivity contribution in [2.75, 3.05) is 0 Å². The largest absolute Gasteiger partial charge is 0.354 e. The van der Waals surface area contributed by atoms with E-state index < -0.39 is 7.60 Å². The Morgan fingerprint density at radius 3 is 2.00 bits per heavy atom. The number of benzene rings is 1. The highest BCUT2D eigenvalue weighted by Crippen LogP contribution is 2.52. The molecule has 4 nitrogen and oxygen atoms in total. The molecule has 0 amide bonds. The van der Waals surface area contributed by atoms with Gasteiger partial charge in [0, 0.05) is 11.4 Å². The van der Waals surface area contributed by atoms with E-state index in [4.69, 9.17) is 9.05 Å². The molecule has 0 radical (unpaired) electrons. The van der Waals surface area contributed by atoms with Crippen molar-refractivity contribution >= 4 is 13.4 Å². The molecule has 0 aliphatic heterocycles. The van der Waals surface area contributed by atoms with Crippen LogP contribution in [0.3, 0.4) is 0 Å². The molecule has 0 fully saturated rings. The van der Waals surface area contributed by atoms with E-state index in [1.165, 1.54) is 11.9 Å². The minimum Gasteiger partial charge on any atom is -0.303 e. The summed E-state index contributed by atoms with van der Waals surface area (Å²) in [6.45, 7) is 7.07. The predicted octanol–water partition coefficient (Wildman–Crippen LogP) is 4.43. The lowest BCUT2D eigenvalue weighted by Crippen LogP contribution is -2.06. The van der Waals surface area contributed by atoms with Gasteiger partial charge >= 0.3 is 7.60 Å². The molecule has 0 unspecified atom stereocenters. The molecular weight excluding hydrogens is 275 g/mol. The molecule has 110 valence electrons. The van der Waals surface area contributed by atoms with Crippen LogP contribution < -0.4 is 0 Å². The van der Waals surface area contributed by atoms with Crippen LogP contribution in [0.2, 0.25) is 0 Å². The minimum absolute atomic E-state index is 0.231.